The maximum atomic E-state index is 11.9. The lowest BCUT2D eigenvalue weighted by atomic mass is 10.1. The molecule has 18 heavy (non-hydrogen) atoms. The third-order valence-electron chi connectivity index (χ3n) is 2.56. The summed E-state index contributed by atoms with van der Waals surface area (Å²) in [6.45, 7) is 2.58. The van der Waals surface area contributed by atoms with Crippen molar-refractivity contribution in [1.82, 2.24) is 5.32 Å². The summed E-state index contributed by atoms with van der Waals surface area (Å²) in [5.41, 5.74) is 0.819. The molecule has 94 valence electrons. The van der Waals surface area contributed by atoms with Crippen LogP contribution in [0, 0.1) is 6.92 Å². The third-order valence-corrected chi connectivity index (χ3v) is 4.01. The molecule has 1 aromatic carbocycles. The van der Waals surface area contributed by atoms with Crippen molar-refractivity contribution >= 4 is 28.8 Å². The van der Waals surface area contributed by atoms with Crippen LogP contribution in [-0.4, -0.2) is 5.91 Å². The number of alkyl halides is 1. The molecule has 0 aliphatic carbocycles. The van der Waals surface area contributed by atoms with Gasteiger partial charge in [-0.05, 0) is 24.6 Å². The van der Waals surface area contributed by atoms with Crippen molar-refractivity contribution in [2.24, 2.45) is 0 Å². The number of aryl methyl sites for hydroxylation is 1. The van der Waals surface area contributed by atoms with Crippen molar-refractivity contribution in [2.45, 2.75) is 18.8 Å². The van der Waals surface area contributed by atoms with Gasteiger partial charge in [-0.25, -0.2) is 0 Å². The zero-order valence-corrected chi connectivity index (χ0v) is 11.6. The van der Waals surface area contributed by atoms with Gasteiger partial charge in [-0.3, -0.25) is 4.79 Å². The highest BCUT2D eigenvalue weighted by atomic mass is 35.5. The number of carbonyl (C=O) groups is 1. The Morgan fingerprint density at radius 2 is 2.00 bits per heavy atom. The first-order valence-corrected chi connectivity index (χ1v) is 6.94. The molecule has 0 bridgehead atoms. The van der Waals surface area contributed by atoms with E-state index in [4.69, 9.17) is 11.6 Å². The Hall–Kier alpha value is -1.32. The van der Waals surface area contributed by atoms with E-state index in [0.29, 0.717) is 6.54 Å². The van der Waals surface area contributed by atoms with Gasteiger partial charge in [0.05, 0.1) is 6.54 Å². The predicted octanol–water partition coefficient (Wildman–Crippen LogP) is 3.65. The zero-order chi connectivity index (χ0) is 13.0. The van der Waals surface area contributed by atoms with E-state index in [1.54, 1.807) is 11.3 Å². The summed E-state index contributed by atoms with van der Waals surface area (Å²) < 4.78 is 0. The monoisotopic (exact) mass is 279 g/mol. The van der Waals surface area contributed by atoms with E-state index < -0.39 is 5.38 Å². The van der Waals surface area contributed by atoms with E-state index in [1.807, 2.05) is 49.4 Å². The van der Waals surface area contributed by atoms with Crippen molar-refractivity contribution in [3.05, 3.63) is 57.8 Å². The highest BCUT2D eigenvalue weighted by Crippen LogP contribution is 2.20. The first-order valence-electron chi connectivity index (χ1n) is 5.69. The Morgan fingerprint density at radius 1 is 1.28 bits per heavy atom. The maximum absolute atomic E-state index is 11.9. The largest absolute Gasteiger partial charge is 0.350 e. The van der Waals surface area contributed by atoms with E-state index in [0.717, 1.165) is 10.4 Å². The molecule has 2 nitrogen and oxygen atoms in total. The van der Waals surface area contributed by atoms with Gasteiger partial charge in [-0.15, -0.1) is 22.9 Å². The van der Waals surface area contributed by atoms with E-state index in [-0.39, 0.29) is 5.91 Å². The second kappa shape index (κ2) is 6.03. The molecule has 1 atom stereocenters. The van der Waals surface area contributed by atoms with E-state index in [9.17, 15) is 4.79 Å². The minimum Gasteiger partial charge on any atom is -0.350 e. The Labute approximate surface area is 116 Å². The van der Waals surface area contributed by atoms with Crippen LogP contribution in [0.3, 0.4) is 0 Å². The molecular weight excluding hydrogens is 266 g/mol. The van der Waals surface area contributed by atoms with Crippen LogP contribution in [0.15, 0.2) is 42.5 Å². The van der Waals surface area contributed by atoms with Gasteiger partial charge < -0.3 is 5.32 Å². The van der Waals surface area contributed by atoms with Crippen molar-refractivity contribution < 1.29 is 4.79 Å². The lowest BCUT2D eigenvalue weighted by molar-refractivity contribution is -0.121. The lowest BCUT2D eigenvalue weighted by Gasteiger charge is -2.09. The van der Waals surface area contributed by atoms with Crippen molar-refractivity contribution in [2.75, 3.05) is 0 Å². The molecule has 4 heteroatoms. The Morgan fingerprint density at radius 3 is 2.61 bits per heavy atom. The van der Waals surface area contributed by atoms with Gasteiger partial charge >= 0.3 is 0 Å². The highest BCUT2D eigenvalue weighted by Gasteiger charge is 2.16. The minimum absolute atomic E-state index is 0.158. The molecule has 2 rings (SSSR count). The molecule has 0 aliphatic heterocycles. The summed E-state index contributed by atoms with van der Waals surface area (Å²) in [6, 6.07) is 13.4. The number of thiophene rings is 1. The predicted molar refractivity (Wildman–Crippen MR) is 75.9 cm³/mol. The molecule has 1 heterocycles. The van der Waals surface area contributed by atoms with Gasteiger partial charge in [0.15, 0.2) is 0 Å². The molecule has 0 fully saturated rings. The normalized spacial score (nSPS) is 12.1. The van der Waals surface area contributed by atoms with E-state index in [2.05, 4.69) is 5.32 Å². The molecule has 1 unspecified atom stereocenters. The Balaban J connectivity index is 1.92. The Kier molecular flexibility index (Phi) is 4.39. The molecule has 0 spiro atoms. The highest BCUT2D eigenvalue weighted by molar-refractivity contribution is 7.11. The van der Waals surface area contributed by atoms with E-state index in [1.165, 1.54) is 4.88 Å². The van der Waals surface area contributed by atoms with Crippen LogP contribution in [0.25, 0.3) is 0 Å². The number of nitrogens with one attached hydrogen (secondary N) is 1. The molecule has 1 amide bonds. The Bertz CT molecular complexity index is 524. The number of rotatable bonds is 4. The zero-order valence-electron chi connectivity index (χ0n) is 10.0. The smallest absolute Gasteiger partial charge is 0.242 e. The summed E-state index contributed by atoms with van der Waals surface area (Å²) in [5.74, 6) is -0.158. The minimum atomic E-state index is -0.632. The fourth-order valence-corrected chi connectivity index (χ4v) is 2.67. The average Bonchev–Trinajstić information content (AvgIpc) is 2.82. The number of hydrogen-bond acceptors (Lipinski definition) is 2. The molecule has 0 saturated heterocycles. The lowest BCUT2D eigenvalue weighted by Crippen LogP contribution is -2.26. The molecular formula is C14H14ClNOS. The van der Waals surface area contributed by atoms with Crippen LogP contribution in [0.5, 0.6) is 0 Å². The van der Waals surface area contributed by atoms with Crippen LogP contribution in [0.2, 0.25) is 0 Å². The number of halogens is 1. The average molecular weight is 280 g/mol. The topological polar surface area (TPSA) is 29.1 Å². The number of benzene rings is 1. The van der Waals surface area contributed by atoms with Crippen LogP contribution < -0.4 is 5.32 Å². The molecule has 0 aliphatic rings. The van der Waals surface area contributed by atoms with Gasteiger partial charge in [0.1, 0.15) is 5.38 Å². The quantitative estimate of drug-likeness (QED) is 0.851. The van der Waals surface area contributed by atoms with Crippen molar-refractivity contribution in [3.63, 3.8) is 0 Å². The van der Waals surface area contributed by atoms with Gasteiger partial charge in [0, 0.05) is 9.75 Å². The summed E-state index contributed by atoms with van der Waals surface area (Å²) in [5, 5.41) is 2.22. The molecule has 1 N–H and O–H groups in total. The summed E-state index contributed by atoms with van der Waals surface area (Å²) in [7, 11) is 0. The standard InChI is InChI=1S/C14H14ClNOS/c1-10-7-8-12(18-10)9-16-14(17)13(15)11-5-3-2-4-6-11/h2-8,13H,9H2,1H3,(H,16,17). The SMILES string of the molecule is Cc1ccc(CNC(=O)C(Cl)c2ccccc2)s1. The first-order chi connectivity index (χ1) is 8.66. The second-order valence-corrected chi connectivity index (χ2v) is 5.81. The van der Waals surface area contributed by atoms with E-state index >= 15 is 0 Å². The van der Waals surface area contributed by atoms with Gasteiger partial charge in [-0.2, -0.15) is 0 Å². The third kappa shape index (κ3) is 3.34. The summed E-state index contributed by atoms with van der Waals surface area (Å²) in [4.78, 5) is 14.3. The molecule has 1 aromatic heterocycles. The second-order valence-electron chi connectivity index (χ2n) is 4.00. The van der Waals surface area contributed by atoms with Crippen molar-refractivity contribution in [3.8, 4) is 0 Å². The fraction of sp³-hybridized carbons (Fsp3) is 0.214. The summed E-state index contributed by atoms with van der Waals surface area (Å²) >= 11 is 7.80. The van der Waals surface area contributed by atoms with Crippen molar-refractivity contribution in [1.29, 1.82) is 0 Å². The molecule has 2 aromatic rings. The van der Waals surface area contributed by atoms with Crippen LogP contribution >= 0.6 is 22.9 Å². The van der Waals surface area contributed by atoms with Crippen LogP contribution in [-0.2, 0) is 11.3 Å². The van der Waals surface area contributed by atoms with Gasteiger partial charge in [0.25, 0.3) is 0 Å². The van der Waals surface area contributed by atoms with Crippen LogP contribution in [0.1, 0.15) is 20.7 Å². The van der Waals surface area contributed by atoms with Gasteiger partial charge in [-0.1, -0.05) is 30.3 Å². The molecule has 0 saturated carbocycles. The van der Waals surface area contributed by atoms with Gasteiger partial charge in [0.2, 0.25) is 5.91 Å². The number of carbonyl (C=O) groups excluding carboxylic acids is 1. The number of hydrogen-bond donors (Lipinski definition) is 1. The summed E-state index contributed by atoms with van der Waals surface area (Å²) in [6.07, 6.45) is 0. The number of amides is 1. The maximum Gasteiger partial charge on any atom is 0.242 e. The molecule has 0 radical (unpaired) electrons. The fourth-order valence-electron chi connectivity index (χ4n) is 1.62. The first kappa shape index (κ1) is 13.1. The van der Waals surface area contributed by atoms with Crippen LogP contribution in [0.4, 0.5) is 0 Å².